The van der Waals surface area contributed by atoms with Gasteiger partial charge in [-0.05, 0) is 24.6 Å². The van der Waals surface area contributed by atoms with Crippen molar-refractivity contribution >= 4 is 22.6 Å². The van der Waals surface area contributed by atoms with Gasteiger partial charge in [0, 0.05) is 25.7 Å². The largest absolute Gasteiger partial charge is 0.328 e. The molecule has 0 saturated heterocycles. The van der Waals surface area contributed by atoms with Crippen molar-refractivity contribution in [2.75, 3.05) is 5.32 Å². The lowest BCUT2D eigenvalue weighted by Gasteiger charge is -2.11. The highest BCUT2D eigenvalue weighted by Crippen LogP contribution is 2.22. The van der Waals surface area contributed by atoms with E-state index in [0.717, 1.165) is 22.3 Å². The average molecular weight is 261 g/mol. The first-order valence-corrected chi connectivity index (χ1v) is 6.30. The Bertz CT molecular complexity index is 708. The summed E-state index contributed by atoms with van der Waals surface area (Å²) in [4.78, 5) is 23.7. The Morgan fingerprint density at radius 1 is 1.16 bits per heavy atom. The number of anilines is 1. The number of hydrogen-bond donors (Lipinski definition) is 1. The van der Waals surface area contributed by atoms with E-state index in [4.69, 9.17) is 0 Å². The van der Waals surface area contributed by atoms with Gasteiger partial charge in [-0.2, -0.15) is 0 Å². The van der Waals surface area contributed by atoms with Crippen molar-refractivity contribution in [3.63, 3.8) is 0 Å². The van der Waals surface area contributed by atoms with Crippen LogP contribution in [-0.4, -0.2) is 15.0 Å². The van der Waals surface area contributed by atoms with Gasteiger partial charge >= 0.3 is 5.69 Å². The molecule has 0 atom stereocenters. The van der Waals surface area contributed by atoms with Gasteiger partial charge in [0.15, 0.2) is 0 Å². The minimum absolute atomic E-state index is 0.0246. The standard InChI is InChI=1S/C14H19N3O2/c1-8(2)13(18)15-10-7-12-11(6-9(10)3)16(4)14(19)17(12)5/h6-8H,1-5H3,(H,15,18). The number of hydrogen-bond acceptors (Lipinski definition) is 2. The molecule has 0 saturated carbocycles. The number of imidazole rings is 1. The second kappa shape index (κ2) is 4.57. The molecular weight excluding hydrogens is 242 g/mol. The highest BCUT2D eigenvalue weighted by Gasteiger charge is 2.13. The highest BCUT2D eigenvalue weighted by atomic mass is 16.2. The van der Waals surface area contributed by atoms with Crippen LogP contribution in [0.5, 0.6) is 0 Å². The predicted molar refractivity (Wildman–Crippen MR) is 76.4 cm³/mol. The number of aryl methyl sites for hydroxylation is 3. The smallest absolute Gasteiger partial charge is 0.326 e. The molecule has 1 heterocycles. The summed E-state index contributed by atoms with van der Waals surface area (Å²) in [5.41, 5.74) is 3.32. The fourth-order valence-corrected chi connectivity index (χ4v) is 2.06. The summed E-state index contributed by atoms with van der Waals surface area (Å²) in [5, 5.41) is 2.89. The van der Waals surface area contributed by atoms with E-state index in [0.29, 0.717) is 0 Å². The molecule has 5 heteroatoms. The Morgan fingerprint density at radius 2 is 1.68 bits per heavy atom. The summed E-state index contributed by atoms with van der Waals surface area (Å²) in [7, 11) is 3.48. The van der Waals surface area contributed by atoms with Crippen molar-refractivity contribution in [1.82, 2.24) is 9.13 Å². The molecule has 0 aliphatic heterocycles. The number of aromatic nitrogens is 2. The van der Waals surface area contributed by atoms with E-state index in [1.165, 1.54) is 0 Å². The van der Waals surface area contributed by atoms with Crippen LogP contribution in [-0.2, 0) is 18.9 Å². The zero-order valence-corrected chi connectivity index (χ0v) is 11.9. The molecule has 19 heavy (non-hydrogen) atoms. The van der Waals surface area contributed by atoms with E-state index in [1.54, 1.807) is 23.2 Å². The molecule has 0 spiro atoms. The highest BCUT2D eigenvalue weighted by molar-refractivity contribution is 5.95. The third kappa shape index (κ3) is 2.16. The van der Waals surface area contributed by atoms with Crippen molar-refractivity contribution in [2.45, 2.75) is 20.8 Å². The summed E-state index contributed by atoms with van der Waals surface area (Å²) in [6.45, 7) is 5.62. The van der Waals surface area contributed by atoms with Crippen molar-refractivity contribution in [3.8, 4) is 0 Å². The molecule has 0 aliphatic carbocycles. The average Bonchev–Trinajstić information content (AvgIpc) is 2.55. The first-order valence-electron chi connectivity index (χ1n) is 6.30. The van der Waals surface area contributed by atoms with E-state index in [-0.39, 0.29) is 17.5 Å². The van der Waals surface area contributed by atoms with Crippen molar-refractivity contribution in [2.24, 2.45) is 20.0 Å². The lowest BCUT2D eigenvalue weighted by atomic mass is 10.1. The Labute approximate surface area is 111 Å². The molecule has 5 nitrogen and oxygen atoms in total. The molecule has 0 bridgehead atoms. The molecule has 1 N–H and O–H groups in total. The van der Waals surface area contributed by atoms with Crippen LogP contribution in [0.25, 0.3) is 11.0 Å². The number of nitrogens with one attached hydrogen (secondary N) is 1. The zero-order valence-electron chi connectivity index (χ0n) is 11.9. The van der Waals surface area contributed by atoms with Gasteiger partial charge in [0.05, 0.1) is 11.0 Å². The van der Waals surface area contributed by atoms with E-state index >= 15 is 0 Å². The fraction of sp³-hybridized carbons (Fsp3) is 0.429. The SMILES string of the molecule is Cc1cc2c(cc1NC(=O)C(C)C)n(C)c(=O)n2C. The van der Waals surface area contributed by atoms with Gasteiger partial charge in [-0.3, -0.25) is 13.9 Å². The van der Waals surface area contributed by atoms with Crippen LogP contribution in [0.15, 0.2) is 16.9 Å². The summed E-state index contributed by atoms with van der Waals surface area (Å²) in [5.74, 6) is -0.0990. The Kier molecular flexibility index (Phi) is 3.22. The lowest BCUT2D eigenvalue weighted by molar-refractivity contribution is -0.118. The summed E-state index contributed by atoms with van der Waals surface area (Å²) < 4.78 is 3.19. The second-order valence-corrected chi connectivity index (χ2v) is 5.20. The third-order valence-electron chi connectivity index (χ3n) is 3.40. The van der Waals surface area contributed by atoms with Crippen LogP contribution in [0.3, 0.4) is 0 Å². The van der Waals surface area contributed by atoms with Crippen LogP contribution in [0.4, 0.5) is 5.69 Å². The minimum Gasteiger partial charge on any atom is -0.326 e. The van der Waals surface area contributed by atoms with E-state index in [1.807, 2.05) is 32.9 Å². The molecule has 2 aromatic rings. The van der Waals surface area contributed by atoms with Crippen molar-refractivity contribution < 1.29 is 4.79 Å². The second-order valence-electron chi connectivity index (χ2n) is 5.20. The molecule has 102 valence electrons. The maximum Gasteiger partial charge on any atom is 0.328 e. The van der Waals surface area contributed by atoms with Gasteiger partial charge in [0.1, 0.15) is 0 Å². The lowest BCUT2D eigenvalue weighted by Crippen LogP contribution is -2.19. The Balaban J connectivity index is 2.59. The maximum absolute atomic E-state index is 11.9. The molecule has 0 radical (unpaired) electrons. The zero-order chi connectivity index (χ0) is 14.3. The van der Waals surface area contributed by atoms with Crippen molar-refractivity contribution in [1.29, 1.82) is 0 Å². The number of nitrogens with zero attached hydrogens (tertiary/aromatic N) is 2. The summed E-state index contributed by atoms with van der Waals surface area (Å²) in [6.07, 6.45) is 0. The Hall–Kier alpha value is -2.04. The van der Waals surface area contributed by atoms with Crippen LogP contribution < -0.4 is 11.0 Å². The first kappa shape index (κ1) is 13.4. The number of amides is 1. The third-order valence-corrected chi connectivity index (χ3v) is 3.40. The van der Waals surface area contributed by atoms with Gasteiger partial charge in [0.2, 0.25) is 5.91 Å². The molecule has 1 aromatic carbocycles. The number of carbonyl (C=O) groups is 1. The van der Waals surface area contributed by atoms with Crippen LogP contribution in [0, 0.1) is 12.8 Å². The minimum atomic E-state index is -0.0744. The van der Waals surface area contributed by atoms with Gasteiger partial charge in [-0.25, -0.2) is 4.79 Å². The number of fused-ring (bicyclic) bond motifs is 1. The van der Waals surface area contributed by atoms with Crippen LogP contribution in [0.1, 0.15) is 19.4 Å². The quantitative estimate of drug-likeness (QED) is 0.896. The number of carbonyl (C=O) groups excluding carboxylic acids is 1. The Morgan fingerprint density at radius 3 is 2.21 bits per heavy atom. The molecule has 1 aromatic heterocycles. The molecule has 2 rings (SSSR count). The summed E-state index contributed by atoms with van der Waals surface area (Å²) in [6, 6.07) is 3.78. The molecule has 0 aliphatic rings. The fourth-order valence-electron chi connectivity index (χ4n) is 2.06. The molecular formula is C14H19N3O2. The van der Waals surface area contributed by atoms with Gasteiger partial charge in [0.25, 0.3) is 0 Å². The topological polar surface area (TPSA) is 56.0 Å². The van der Waals surface area contributed by atoms with Crippen LogP contribution >= 0.6 is 0 Å². The predicted octanol–water partition coefficient (Wildman–Crippen LogP) is 1.78. The van der Waals surface area contributed by atoms with Crippen LogP contribution in [0.2, 0.25) is 0 Å². The molecule has 0 fully saturated rings. The number of benzene rings is 1. The normalized spacial score (nSPS) is 11.3. The molecule has 1 amide bonds. The first-order chi connectivity index (χ1) is 8.82. The van der Waals surface area contributed by atoms with E-state index < -0.39 is 0 Å². The molecule has 0 unspecified atom stereocenters. The van der Waals surface area contributed by atoms with Gasteiger partial charge in [-0.15, -0.1) is 0 Å². The maximum atomic E-state index is 11.9. The van der Waals surface area contributed by atoms with Crippen molar-refractivity contribution in [3.05, 3.63) is 28.2 Å². The van der Waals surface area contributed by atoms with Gasteiger partial charge in [-0.1, -0.05) is 13.8 Å². The summed E-state index contributed by atoms with van der Waals surface area (Å²) >= 11 is 0. The number of rotatable bonds is 2. The van der Waals surface area contributed by atoms with Gasteiger partial charge < -0.3 is 5.32 Å². The monoisotopic (exact) mass is 261 g/mol. The van der Waals surface area contributed by atoms with E-state index in [9.17, 15) is 9.59 Å². The van der Waals surface area contributed by atoms with E-state index in [2.05, 4.69) is 5.32 Å².